The first-order chi connectivity index (χ1) is 9.65. The smallest absolute Gasteiger partial charge is 0.250 e. The zero-order chi connectivity index (χ0) is 14.1. The average Bonchev–Trinajstić information content (AvgIpc) is 2.75. The van der Waals surface area contributed by atoms with Gasteiger partial charge in [-0.25, -0.2) is 4.98 Å². The highest BCUT2D eigenvalue weighted by Gasteiger charge is 2.06. The number of fused-ring (bicyclic) bond motifs is 1. The van der Waals surface area contributed by atoms with Crippen LogP contribution in [0.3, 0.4) is 0 Å². The lowest BCUT2D eigenvalue weighted by molar-refractivity contribution is 0.566. The molecule has 0 radical (unpaired) electrons. The largest absolute Gasteiger partial charge is 0.398 e. The van der Waals surface area contributed by atoms with Crippen LogP contribution in [0.4, 0.5) is 5.69 Å². The van der Waals surface area contributed by atoms with E-state index in [9.17, 15) is 4.79 Å². The molecule has 0 amide bonds. The average molecular weight is 268 g/mol. The number of anilines is 1. The zero-order valence-corrected chi connectivity index (χ0v) is 11.3. The van der Waals surface area contributed by atoms with Crippen molar-refractivity contribution in [1.82, 2.24) is 14.1 Å². The molecule has 0 saturated carbocycles. The second-order valence-corrected chi connectivity index (χ2v) is 4.79. The number of nitrogens with zero attached hydrogens (tertiary/aromatic N) is 3. The molecular weight excluding hydrogens is 252 g/mol. The van der Waals surface area contributed by atoms with E-state index in [-0.39, 0.29) is 5.56 Å². The number of rotatable bonds is 3. The van der Waals surface area contributed by atoms with Crippen molar-refractivity contribution in [3.05, 3.63) is 58.8 Å². The third kappa shape index (κ3) is 2.18. The minimum absolute atomic E-state index is 0.0405. The summed E-state index contributed by atoms with van der Waals surface area (Å²) in [4.78, 5) is 16.3. The molecule has 2 heterocycles. The number of aryl methyl sites for hydroxylation is 3. The van der Waals surface area contributed by atoms with Crippen molar-refractivity contribution in [3.8, 4) is 0 Å². The molecule has 0 fully saturated rings. The number of imidazole rings is 1. The van der Waals surface area contributed by atoms with Gasteiger partial charge in [0.2, 0.25) is 0 Å². The highest BCUT2D eigenvalue weighted by Crippen LogP contribution is 2.15. The lowest BCUT2D eigenvalue weighted by Gasteiger charge is -2.09. The molecule has 0 bridgehead atoms. The first kappa shape index (κ1) is 12.5. The van der Waals surface area contributed by atoms with E-state index in [4.69, 9.17) is 5.73 Å². The Kier molecular flexibility index (Phi) is 3.02. The number of benzene rings is 1. The van der Waals surface area contributed by atoms with Gasteiger partial charge in [-0.1, -0.05) is 12.1 Å². The topological polar surface area (TPSA) is 65.8 Å². The minimum atomic E-state index is -0.0405. The van der Waals surface area contributed by atoms with Gasteiger partial charge >= 0.3 is 0 Å². The molecule has 3 aromatic rings. The third-order valence-electron chi connectivity index (χ3n) is 3.42. The van der Waals surface area contributed by atoms with Crippen LogP contribution < -0.4 is 11.3 Å². The molecule has 3 rings (SSSR count). The molecule has 0 aliphatic carbocycles. The zero-order valence-electron chi connectivity index (χ0n) is 11.3. The van der Waals surface area contributed by atoms with E-state index in [0.29, 0.717) is 18.8 Å². The maximum absolute atomic E-state index is 11.8. The molecule has 0 atom stereocenters. The molecule has 5 heteroatoms. The Morgan fingerprint density at radius 2 is 1.95 bits per heavy atom. The van der Waals surface area contributed by atoms with E-state index in [1.54, 1.807) is 16.8 Å². The van der Waals surface area contributed by atoms with Gasteiger partial charge in [0.05, 0.1) is 11.0 Å². The summed E-state index contributed by atoms with van der Waals surface area (Å²) < 4.78 is 3.74. The van der Waals surface area contributed by atoms with Crippen molar-refractivity contribution in [3.63, 3.8) is 0 Å². The molecule has 2 aromatic heterocycles. The predicted molar refractivity (Wildman–Crippen MR) is 79.6 cm³/mol. The van der Waals surface area contributed by atoms with Crippen LogP contribution >= 0.6 is 0 Å². The Morgan fingerprint density at radius 1 is 1.15 bits per heavy atom. The van der Waals surface area contributed by atoms with Gasteiger partial charge in [0.1, 0.15) is 5.82 Å². The molecule has 0 unspecified atom stereocenters. The fourth-order valence-electron chi connectivity index (χ4n) is 2.41. The maximum atomic E-state index is 11.8. The monoisotopic (exact) mass is 268 g/mol. The Hall–Kier alpha value is -2.56. The Labute approximate surface area is 116 Å². The van der Waals surface area contributed by atoms with Crippen LogP contribution in [0.5, 0.6) is 0 Å². The van der Waals surface area contributed by atoms with Crippen LogP contribution in [-0.4, -0.2) is 14.1 Å². The van der Waals surface area contributed by atoms with Crippen LogP contribution in [0, 0.1) is 6.92 Å². The summed E-state index contributed by atoms with van der Waals surface area (Å²) in [7, 11) is 0. The van der Waals surface area contributed by atoms with Gasteiger partial charge in [-0.3, -0.25) is 4.79 Å². The normalized spacial score (nSPS) is 11.1. The van der Waals surface area contributed by atoms with Gasteiger partial charge < -0.3 is 14.9 Å². The molecule has 5 nitrogen and oxygen atoms in total. The Balaban J connectivity index is 1.92. The van der Waals surface area contributed by atoms with E-state index in [2.05, 4.69) is 9.55 Å². The van der Waals surface area contributed by atoms with Gasteiger partial charge in [-0.2, -0.15) is 0 Å². The summed E-state index contributed by atoms with van der Waals surface area (Å²) in [5.41, 5.74) is 8.33. The van der Waals surface area contributed by atoms with Crippen molar-refractivity contribution >= 4 is 16.7 Å². The van der Waals surface area contributed by atoms with Gasteiger partial charge in [0, 0.05) is 31.0 Å². The highest BCUT2D eigenvalue weighted by molar-refractivity contribution is 5.75. The number of hydrogen-bond acceptors (Lipinski definition) is 3. The summed E-state index contributed by atoms with van der Waals surface area (Å²) in [5.74, 6) is 0.947. The summed E-state index contributed by atoms with van der Waals surface area (Å²) in [5, 5.41) is 0. The van der Waals surface area contributed by atoms with Gasteiger partial charge in [0.25, 0.3) is 5.56 Å². The molecule has 0 saturated heterocycles. The predicted octanol–water partition coefficient (Wildman–Crippen LogP) is 1.79. The quantitative estimate of drug-likeness (QED) is 0.787. The van der Waals surface area contributed by atoms with E-state index in [1.165, 1.54) is 6.07 Å². The van der Waals surface area contributed by atoms with Crippen LogP contribution in [0.1, 0.15) is 5.82 Å². The molecule has 102 valence electrons. The fraction of sp³-hybridized carbons (Fsp3) is 0.200. The van der Waals surface area contributed by atoms with Crippen molar-refractivity contribution < 1.29 is 0 Å². The minimum Gasteiger partial charge on any atom is -0.398 e. The number of nitrogen functional groups attached to an aromatic ring is 1. The lowest BCUT2D eigenvalue weighted by atomic mass is 10.3. The molecule has 20 heavy (non-hydrogen) atoms. The van der Waals surface area contributed by atoms with E-state index in [1.807, 2.05) is 31.2 Å². The number of hydrogen-bond donors (Lipinski definition) is 1. The maximum Gasteiger partial charge on any atom is 0.250 e. The number of para-hydroxylation sites is 2. The van der Waals surface area contributed by atoms with Gasteiger partial charge in [-0.05, 0) is 25.1 Å². The summed E-state index contributed by atoms with van der Waals surface area (Å²) in [6.45, 7) is 3.24. The van der Waals surface area contributed by atoms with Crippen LogP contribution in [-0.2, 0) is 13.1 Å². The van der Waals surface area contributed by atoms with Crippen LogP contribution in [0.25, 0.3) is 11.0 Å². The van der Waals surface area contributed by atoms with Crippen LogP contribution in [0.2, 0.25) is 0 Å². The van der Waals surface area contributed by atoms with Crippen molar-refractivity contribution in [2.24, 2.45) is 0 Å². The SMILES string of the molecule is Cc1nc2ccccc2n1CCn1cc(N)ccc1=O. The summed E-state index contributed by atoms with van der Waals surface area (Å²) in [6.07, 6.45) is 1.68. The molecule has 0 aliphatic heterocycles. The number of nitrogens with two attached hydrogens (primary N) is 1. The fourth-order valence-corrected chi connectivity index (χ4v) is 2.41. The molecule has 1 aromatic carbocycles. The highest BCUT2D eigenvalue weighted by atomic mass is 16.1. The first-order valence-electron chi connectivity index (χ1n) is 6.53. The van der Waals surface area contributed by atoms with Crippen molar-refractivity contribution in [2.75, 3.05) is 5.73 Å². The summed E-state index contributed by atoms with van der Waals surface area (Å²) >= 11 is 0. The lowest BCUT2D eigenvalue weighted by Crippen LogP contribution is -2.21. The standard InChI is InChI=1S/C15H16N4O/c1-11-17-13-4-2-3-5-14(13)19(11)9-8-18-10-12(16)6-7-15(18)20/h2-7,10H,8-9,16H2,1H3. The van der Waals surface area contributed by atoms with Crippen molar-refractivity contribution in [1.29, 1.82) is 0 Å². The molecule has 0 aliphatic rings. The van der Waals surface area contributed by atoms with E-state index >= 15 is 0 Å². The first-order valence-corrected chi connectivity index (χ1v) is 6.53. The molecule has 0 spiro atoms. The third-order valence-corrected chi connectivity index (χ3v) is 3.42. The summed E-state index contributed by atoms with van der Waals surface area (Å²) in [6, 6.07) is 11.1. The second kappa shape index (κ2) is 4.85. The number of pyridine rings is 1. The van der Waals surface area contributed by atoms with Crippen LogP contribution in [0.15, 0.2) is 47.4 Å². The van der Waals surface area contributed by atoms with Gasteiger partial charge in [0.15, 0.2) is 0 Å². The number of aromatic nitrogens is 3. The Bertz CT molecular complexity index is 816. The molecule has 2 N–H and O–H groups in total. The Morgan fingerprint density at radius 3 is 2.80 bits per heavy atom. The molecular formula is C15H16N4O. The second-order valence-electron chi connectivity index (χ2n) is 4.79. The van der Waals surface area contributed by atoms with E-state index < -0.39 is 0 Å². The van der Waals surface area contributed by atoms with Crippen molar-refractivity contribution in [2.45, 2.75) is 20.0 Å². The van der Waals surface area contributed by atoms with Gasteiger partial charge in [-0.15, -0.1) is 0 Å². The van der Waals surface area contributed by atoms with E-state index in [0.717, 1.165) is 16.9 Å².